The minimum absolute atomic E-state index is 0.0108. The van der Waals surface area contributed by atoms with Crippen LogP contribution in [0.4, 0.5) is 0 Å². The first-order valence-corrected chi connectivity index (χ1v) is 8.79. The van der Waals surface area contributed by atoms with Crippen molar-refractivity contribution in [1.29, 1.82) is 0 Å². The number of carbonyl (C=O) groups excluding carboxylic acids is 2. The van der Waals surface area contributed by atoms with Crippen molar-refractivity contribution in [2.45, 2.75) is 33.4 Å². The Hall–Kier alpha value is -2.82. The van der Waals surface area contributed by atoms with E-state index >= 15 is 0 Å². The molecule has 0 radical (unpaired) electrons. The third kappa shape index (κ3) is 5.09. The quantitative estimate of drug-likeness (QED) is 0.828. The average molecular weight is 354 g/mol. The molecule has 5 heteroatoms. The Labute approximate surface area is 155 Å². The summed E-state index contributed by atoms with van der Waals surface area (Å²) in [7, 11) is 1.79. The number of benzene rings is 2. The monoisotopic (exact) mass is 354 g/mol. The lowest BCUT2D eigenvalue weighted by Crippen LogP contribution is -2.32. The van der Waals surface area contributed by atoms with Gasteiger partial charge in [0.05, 0.1) is 6.61 Å². The van der Waals surface area contributed by atoms with Gasteiger partial charge in [-0.3, -0.25) is 9.59 Å². The van der Waals surface area contributed by atoms with Crippen molar-refractivity contribution in [2.75, 3.05) is 13.7 Å². The van der Waals surface area contributed by atoms with Gasteiger partial charge in [-0.1, -0.05) is 18.2 Å². The van der Waals surface area contributed by atoms with Gasteiger partial charge >= 0.3 is 0 Å². The van der Waals surface area contributed by atoms with Gasteiger partial charge in [0, 0.05) is 30.8 Å². The maximum atomic E-state index is 12.3. The third-order valence-corrected chi connectivity index (χ3v) is 4.16. The molecule has 0 aliphatic carbocycles. The van der Waals surface area contributed by atoms with Crippen molar-refractivity contribution in [3.8, 4) is 5.75 Å². The third-order valence-electron chi connectivity index (χ3n) is 4.16. The van der Waals surface area contributed by atoms with Crippen LogP contribution in [0.15, 0.2) is 48.5 Å². The standard InChI is InChI=1S/C21H26N2O3/c1-5-26-19-8-6-7-18(13-19)20(24)22-14-16-9-11-17(12-10-16)21(25)23(4)15(2)3/h6-13,15H,5,14H2,1-4H3,(H,22,24). The molecule has 0 aliphatic rings. The van der Waals surface area contributed by atoms with Gasteiger partial charge in [0.1, 0.15) is 5.75 Å². The van der Waals surface area contributed by atoms with Crippen LogP contribution < -0.4 is 10.1 Å². The first kappa shape index (κ1) is 19.5. The molecular formula is C21H26N2O3. The Bertz CT molecular complexity index is 754. The molecule has 0 heterocycles. The van der Waals surface area contributed by atoms with Gasteiger partial charge in [0.25, 0.3) is 11.8 Å². The van der Waals surface area contributed by atoms with Gasteiger partial charge in [-0.2, -0.15) is 0 Å². The zero-order valence-corrected chi connectivity index (χ0v) is 15.8. The Balaban J connectivity index is 1.96. The van der Waals surface area contributed by atoms with Crippen LogP contribution in [0.5, 0.6) is 5.75 Å². The second kappa shape index (κ2) is 9.04. The minimum atomic E-state index is -0.161. The highest BCUT2D eigenvalue weighted by molar-refractivity contribution is 5.95. The lowest BCUT2D eigenvalue weighted by molar-refractivity contribution is 0.0754. The summed E-state index contributed by atoms with van der Waals surface area (Å²) in [6.07, 6.45) is 0. The first-order chi connectivity index (χ1) is 12.4. The molecule has 0 aromatic heterocycles. The number of amides is 2. The van der Waals surface area contributed by atoms with Crippen LogP contribution in [0.1, 0.15) is 47.1 Å². The van der Waals surface area contributed by atoms with Crippen LogP contribution >= 0.6 is 0 Å². The van der Waals surface area contributed by atoms with Crippen LogP contribution in [0.25, 0.3) is 0 Å². The molecular weight excluding hydrogens is 328 g/mol. The van der Waals surface area contributed by atoms with Crippen LogP contribution in [0.3, 0.4) is 0 Å². The van der Waals surface area contributed by atoms with Crippen molar-refractivity contribution in [3.63, 3.8) is 0 Å². The summed E-state index contributed by atoms with van der Waals surface area (Å²) < 4.78 is 5.42. The number of hydrogen-bond acceptors (Lipinski definition) is 3. The summed E-state index contributed by atoms with van der Waals surface area (Å²) >= 11 is 0. The van der Waals surface area contributed by atoms with E-state index in [4.69, 9.17) is 4.74 Å². The second-order valence-electron chi connectivity index (χ2n) is 6.35. The summed E-state index contributed by atoms with van der Waals surface area (Å²) in [6.45, 7) is 6.80. The second-order valence-corrected chi connectivity index (χ2v) is 6.35. The highest BCUT2D eigenvalue weighted by Crippen LogP contribution is 2.14. The Morgan fingerprint density at radius 1 is 1.08 bits per heavy atom. The molecule has 2 rings (SSSR count). The number of carbonyl (C=O) groups is 2. The highest BCUT2D eigenvalue weighted by atomic mass is 16.5. The van der Waals surface area contributed by atoms with Gasteiger partial charge in [-0.25, -0.2) is 0 Å². The van der Waals surface area contributed by atoms with E-state index in [0.29, 0.717) is 30.0 Å². The van der Waals surface area contributed by atoms with E-state index < -0.39 is 0 Å². The maximum absolute atomic E-state index is 12.3. The summed E-state index contributed by atoms with van der Waals surface area (Å²) in [4.78, 5) is 26.3. The summed E-state index contributed by atoms with van der Waals surface area (Å²) in [5.41, 5.74) is 2.13. The van der Waals surface area contributed by atoms with Gasteiger partial charge in [0.2, 0.25) is 0 Å². The van der Waals surface area contributed by atoms with E-state index in [0.717, 1.165) is 5.56 Å². The Morgan fingerprint density at radius 2 is 1.77 bits per heavy atom. The average Bonchev–Trinajstić information content (AvgIpc) is 2.65. The SMILES string of the molecule is CCOc1cccc(C(=O)NCc2ccc(C(=O)N(C)C(C)C)cc2)c1. The molecule has 0 bridgehead atoms. The molecule has 0 saturated heterocycles. The zero-order chi connectivity index (χ0) is 19.1. The normalized spacial score (nSPS) is 10.5. The molecule has 26 heavy (non-hydrogen) atoms. The zero-order valence-electron chi connectivity index (χ0n) is 15.8. The number of nitrogens with one attached hydrogen (secondary N) is 1. The van der Waals surface area contributed by atoms with E-state index in [9.17, 15) is 9.59 Å². The Morgan fingerprint density at radius 3 is 2.38 bits per heavy atom. The van der Waals surface area contributed by atoms with Crippen molar-refractivity contribution in [3.05, 3.63) is 65.2 Å². The van der Waals surface area contributed by atoms with Crippen molar-refractivity contribution in [2.24, 2.45) is 0 Å². The van der Waals surface area contributed by atoms with Gasteiger partial charge in [-0.05, 0) is 56.7 Å². The van der Waals surface area contributed by atoms with Gasteiger partial charge in [-0.15, -0.1) is 0 Å². The fourth-order valence-corrected chi connectivity index (χ4v) is 2.38. The number of hydrogen-bond donors (Lipinski definition) is 1. The minimum Gasteiger partial charge on any atom is -0.494 e. The van der Waals surface area contributed by atoms with E-state index in [1.54, 1.807) is 42.3 Å². The van der Waals surface area contributed by atoms with Crippen molar-refractivity contribution < 1.29 is 14.3 Å². The fourth-order valence-electron chi connectivity index (χ4n) is 2.38. The highest BCUT2D eigenvalue weighted by Gasteiger charge is 2.14. The van der Waals surface area contributed by atoms with Crippen molar-refractivity contribution in [1.82, 2.24) is 10.2 Å². The predicted octanol–water partition coefficient (Wildman–Crippen LogP) is 3.50. The topological polar surface area (TPSA) is 58.6 Å². The van der Waals surface area contributed by atoms with Crippen LogP contribution in [0.2, 0.25) is 0 Å². The maximum Gasteiger partial charge on any atom is 0.253 e. The van der Waals surface area contributed by atoms with Crippen molar-refractivity contribution >= 4 is 11.8 Å². The van der Waals surface area contributed by atoms with Crippen LogP contribution in [-0.4, -0.2) is 36.4 Å². The lowest BCUT2D eigenvalue weighted by Gasteiger charge is -2.21. The predicted molar refractivity (Wildman–Crippen MR) is 102 cm³/mol. The lowest BCUT2D eigenvalue weighted by atomic mass is 10.1. The number of rotatable bonds is 7. The molecule has 2 aromatic rings. The first-order valence-electron chi connectivity index (χ1n) is 8.79. The number of nitrogens with zero attached hydrogens (tertiary/aromatic N) is 1. The van der Waals surface area contributed by atoms with E-state index in [-0.39, 0.29) is 17.9 Å². The smallest absolute Gasteiger partial charge is 0.253 e. The molecule has 5 nitrogen and oxygen atoms in total. The summed E-state index contributed by atoms with van der Waals surface area (Å²) in [5.74, 6) is 0.506. The summed E-state index contributed by atoms with van der Waals surface area (Å²) in [5, 5.41) is 2.88. The molecule has 0 atom stereocenters. The van der Waals surface area contributed by atoms with Crippen LogP contribution in [0, 0.1) is 0 Å². The molecule has 1 N–H and O–H groups in total. The van der Waals surface area contributed by atoms with E-state index in [1.807, 2.05) is 39.0 Å². The Kier molecular flexibility index (Phi) is 6.78. The molecule has 0 unspecified atom stereocenters. The molecule has 0 fully saturated rings. The molecule has 0 saturated carbocycles. The van der Waals surface area contributed by atoms with Crippen LogP contribution in [-0.2, 0) is 6.54 Å². The molecule has 2 amide bonds. The number of ether oxygens (including phenoxy) is 1. The largest absolute Gasteiger partial charge is 0.494 e. The fraction of sp³-hybridized carbons (Fsp3) is 0.333. The van der Waals surface area contributed by atoms with E-state index in [2.05, 4.69) is 5.32 Å². The molecule has 2 aromatic carbocycles. The van der Waals surface area contributed by atoms with Gasteiger partial charge in [0.15, 0.2) is 0 Å². The molecule has 138 valence electrons. The van der Waals surface area contributed by atoms with Gasteiger partial charge < -0.3 is 15.0 Å². The summed E-state index contributed by atoms with van der Waals surface area (Å²) in [6, 6.07) is 14.5. The van der Waals surface area contributed by atoms with E-state index in [1.165, 1.54) is 0 Å². The molecule has 0 aliphatic heterocycles. The molecule has 0 spiro atoms.